The van der Waals surface area contributed by atoms with Crippen molar-refractivity contribution in [2.75, 3.05) is 0 Å². The average Bonchev–Trinajstić information content (AvgIpc) is 1.41. The normalized spacial score (nSPS) is 3.60. The Morgan fingerprint density at radius 2 is 1.60 bits per heavy atom. The van der Waals surface area contributed by atoms with E-state index in [1.807, 2.05) is 12.2 Å². The van der Waals surface area contributed by atoms with Crippen molar-refractivity contribution in [1.29, 1.82) is 0 Å². The largest absolute Gasteiger partial charge is 0.445 e. The van der Waals surface area contributed by atoms with Gasteiger partial charge in [0.25, 0.3) is 0 Å². The summed E-state index contributed by atoms with van der Waals surface area (Å²) in [5, 5.41) is 0. The van der Waals surface area contributed by atoms with Crippen LogP contribution in [0.5, 0.6) is 0 Å². The highest BCUT2D eigenvalue weighted by Gasteiger charge is 1.54. The van der Waals surface area contributed by atoms with Crippen LogP contribution >= 0.6 is 0 Å². The molecule has 1 N–H and O–H groups in total. The maximum Gasteiger partial charge on any atom is 0.313 e. The molecule has 1 heteroatoms. The smallest absolute Gasteiger partial charge is 0.313 e. The second-order valence-electron chi connectivity index (χ2n) is 0.370. The molecule has 0 aliphatic rings. The van der Waals surface area contributed by atoms with Gasteiger partial charge >= 0.3 is 12.2 Å². The topological polar surface area (TPSA) is 12.8 Å². The van der Waals surface area contributed by atoms with Gasteiger partial charge in [0.15, 0.2) is 0 Å². The van der Waals surface area contributed by atoms with Gasteiger partial charge in [0.1, 0.15) is 0 Å². The zero-order valence-electron chi connectivity index (χ0n) is 2.60. The number of hydrogen-bond donors (Lipinski definition) is 0. The minimum absolute atomic E-state index is 1.91. The van der Waals surface area contributed by atoms with Crippen LogP contribution in [0.2, 0.25) is 0 Å². The van der Waals surface area contributed by atoms with E-state index in [0.717, 1.165) is 0 Å². The Morgan fingerprint density at radius 3 is 1.60 bits per heavy atom. The molecule has 0 saturated heterocycles. The molecule has 0 aliphatic heterocycles. The highest BCUT2D eigenvalue weighted by molar-refractivity contribution is 4.77. The molecule has 0 heterocycles. The van der Waals surface area contributed by atoms with Crippen molar-refractivity contribution < 1.29 is 4.74 Å². The number of rotatable bonds is 0. The summed E-state index contributed by atoms with van der Waals surface area (Å²) in [4.78, 5) is 0. The van der Waals surface area contributed by atoms with E-state index in [0.29, 0.717) is 0 Å². The van der Waals surface area contributed by atoms with Gasteiger partial charge in [-0.1, -0.05) is 0 Å². The third kappa shape index (κ3) is 2.92. The van der Waals surface area contributed by atoms with Crippen LogP contribution in [-0.4, -0.2) is 4.74 Å². The predicted octanol–water partition coefficient (Wildman–Crippen LogP) is 0.0760. The van der Waals surface area contributed by atoms with Crippen LogP contribution in [0.1, 0.15) is 0 Å². The van der Waals surface area contributed by atoms with E-state index in [1.165, 1.54) is 0 Å². The van der Waals surface area contributed by atoms with E-state index in [4.69, 9.17) is 0 Å². The summed E-state index contributed by atoms with van der Waals surface area (Å²) in [6.45, 7) is 0. The number of ether oxygens (including phenoxy) is 1. The fraction of sp³-hybridized carbons (Fsp3) is 0. The van der Waals surface area contributed by atoms with Crippen LogP contribution in [0.4, 0.5) is 0 Å². The van der Waals surface area contributed by atoms with Gasteiger partial charge in [0, 0.05) is 0 Å². The van der Waals surface area contributed by atoms with Crippen molar-refractivity contribution >= 4 is 0 Å². The molecule has 0 aromatic rings. The molecule has 0 aromatic carbocycles. The first kappa shape index (κ1) is 3.92. The minimum Gasteiger partial charge on any atom is -0.445 e. The summed E-state index contributed by atoms with van der Waals surface area (Å²) >= 11 is 0. The lowest BCUT2D eigenvalue weighted by Crippen LogP contribution is -1.66. The van der Waals surface area contributed by atoms with Crippen LogP contribution in [-0.2, 0) is 0 Å². The monoisotopic (exact) mass is 67.0 g/mol. The molecular weight excluding hydrogens is 64.0 g/mol. The molecule has 0 spiro atoms. The molecule has 5 heavy (non-hydrogen) atoms. The first-order valence-electron chi connectivity index (χ1n) is 1.02. The SMILES string of the molecule is C#C[OH+]C#C. The van der Waals surface area contributed by atoms with Gasteiger partial charge in [0.2, 0.25) is 0 Å². The lowest BCUT2D eigenvalue weighted by Gasteiger charge is -1.61. The highest BCUT2D eigenvalue weighted by Crippen LogP contribution is 1.41. The van der Waals surface area contributed by atoms with Crippen LogP contribution < -0.4 is 0 Å². The molecule has 0 fully saturated rings. The van der Waals surface area contributed by atoms with Crippen molar-refractivity contribution in [3.63, 3.8) is 0 Å². The quantitative estimate of drug-likeness (QED) is 0.281. The van der Waals surface area contributed by atoms with E-state index < -0.39 is 0 Å². The lowest BCUT2D eigenvalue weighted by atomic mass is 11.2. The van der Waals surface area contributed by atoms with E-state index in [1.54, 1.807) is 0 Å². The van der Waals surface area contributed by atoms with Gasteiger partial charge in [0.05, 0.1) is 0 Å². The first-order valence-corrected chi connectivity index (χ1v) is 1.02. The van der Waals surface area contributed by atoms with E-state index in [2.05, 4.69) is 17.6 Å². The Morgan fingerprint density at radius 1 is 1.20 bits per heavy atom. The van der Waals surface area contributed by atoms with Crippen LogP contribution in [0, 0.1) is 25.1 Å². The minimum atomic E-state index is 1.91. The third-order valence-electron chi connectivity index (χ3n) is 0.129. The summed E-state index contributed by atoms with van der Waals surface area (Å²) < 4.78 is 3.03. The second-order valence-corrected chi connectivity index (χ2v) is 0.370. The van der Waals surface area contributed by atoms with Crippen molar-refractivity contribution in [3.8, 4) is 25.1 Å². The van der Waals surface area contributed by atoms with Gasteiger partial charge in [-0.05, 0) is 12.8 Å². The van der Waals surface area contributed by atoms with Crippen molar-refractivity contribution in [1.82, 2.24) is 0 Å². The summed E-state index contributed by atoms with van der Waals surface area (Å²) in [5.74, 6) is 0. The Kier molecular flexibility index (Phi) is 2.29. The molecule has 0 bridgehead atoms. The Hall–Kier alpha value is -1.08. The summed E-state index contributed by atoms with van der Waals surface area (Å²) in [6, 6.07) is 0. The fourth-order valence-corrected chi connectivity index (χ4v) is 0.0373. The molecule has 0 radical (unpaired) electrons. The maximum absolute atomic E-state index is 4.58. The molecule has 0 aliphatic carbocycles. The molecule has 24 valence electrons. The fourth-order valence-electron chi connectivity index (χ4n) is 0.0373. The van der Waals surface area contributed by atoms with Crippen molar-refractivity contribution in [2.24, 2.45) is 0 Å². The number of terminal acetylenes is 2. The molecule has 0 rings (SSSR count). The zero-order chi connectivity index (χ0) is 4.12. The standard InChI is InChI=1S/C4H2O/c1-3-5-4-2/h1-2H/p+1. The molecule has 1 nitrogen and oxygen atoms in total. The average molecular weight is 67.1 g/mol. The summed E-state index contributed by atoms with van der Waals surface area (Å²) in [5.41, 5.74) is 0. The van der Waals surface area contributed by atoms with Crippen LogP contribution in [0.15, 0.2) is 0 Å². The van der Waals surface area contributed by atoms with E-state index in [-0.39, 0.29) is 0 Å². The van der Waals surface area contributed by atoms with Crippen molar-refractivity contribution in [2.45, 2.75) is 0 Å². The second kappa shape index (κ2) is 2.92. The van der Waals surface area contributed by atoms with Crippen LogP contribution in [0.25, 0.3) is 0 Å². The van der Waals surface area contributed by atoms with Gasteiger partial charge in [-0.2, -0.15) is 0 Å². The highest BCUT2D eigenvalue weighted by atomic mass is 16.5. The van der Waals surface area contributed by atoms with E-state index in [9.17, 15) is 0 Å². The Balaban J connectivity index is 2.86. The number of aliphatic hydroxyl groups is 2. The predicted molar refractivity (Wildman–Crippen MR) is 19.6 cm³/mol. The molecule has 0 saturated carbocycles. The van der Waals surface area contributed by atoms with Crippen LogP contribution in [0.3, 0.4) is 0 Å². The molecular formula is C4H3O+. The Bertz CT molecular complexity index is 68.8. The van der Waals surface area contributed by atoms with Gasteiger partial charge in [-0.15, -0.1) is 0 Å². The van der Waals surface area contributed by atoms with Crippen molar-refractivity contribution in [3.05, 3.63) is 0 Å². The third-order valence-corrected chi connectivity index (χ3v) is 0.129. The molecule has 0 unspecified atom stereocenters. The zero-order valence-corrected chi connectivity index (χ0v) is 2.60. The van der Waals surface area contributed by atoms with Gasteiger partial charge < -0.3 is 4.74 Å². The van der Waals surface area contributed by atoms with Gasteiger partial charge in [-0.25, -0.2) is 0 Å². The molecule has 0 aromatic heterocycles. The summed E-state index contributed by atoms with van der Waals surface area (Å²) in [7, 11) is 0. The van der Waals surface area contributed by atoms with E-state index >= 15 is 0 Å². The molecule has 0 atom stereocenters. The first-order chi connectivity index (χ1) is 2.41. The molecule has 0 amide bonds. The maximum atomic E-state index is 4.58. The lowest BCUT2D eigenvalue weighted by molar-refractivity contribution is 0.259. The summed E-state index contributed by atoms with van der Waals surface area (Å²) in [6.07, 6.45) is 13.0. The van der Waals surface area contributed by atoms with Gasteiger partial charge in [-0.3, -0.25) is 0 Å². The number of hydrogen-bond acceptors (Lipinski definition) is 0. The Labute approximate surface area is 30.9 Å².